The minimum atomic E-state index is -0.103. The second-order valence-electron chi connectivity index (χ2n) is 3.42. The molecule has 1 rings (SSSR count). The highest BCUT2D eigenvalue weighted by Gasteiger charge is 2.04. The zero-order chi connectivity index (χ0) is 12.0. The molecule has 0 spiro atoms. The van der Waals surface area contributed by atoms with Gasteiger partial charge in [-0.25, -0.2) is 0 Å². The standard InChI is InChI=1S/C11H16N2O2S/c1-8-2-3-10(9(12)6-8)13-11(15)7-16-5-4-14/h2-3,6,14H,4-5,7,12H2,1H3,(H,13,15). The highest BCUT2D eigenvalue weighted by molar-refractivity contribution is 7.99. The Morgan fingerprint density at radius 1 is 1.56 bits per heavy atom. The number of benzene rings is 1. The Balaban J connectivity index is 2.49. The van der Waals surface area contributed by atoms with Gasteiger partial charge >= 0.3 is 0 Å². The Morgan fingerprint density at radius 2 is 2.31 bits per heavy atom. The number of nitrogen functional groups attached to an aromatic ring is 1. The van der Waals surface area contributed by atoms with Gasteiger partial charge in [0.25, 0.3) is 0 Å². The van der Waals surface area contributed by atoms with Crippen molar-refractivity contribution in [1.29, 1.82) is 0 Å². The second kappa shape index (κ2) is 6.40. The lowest BCUT2D eigenvalue weighted by molar-refractivity contribution is -0.113. The van der Waals surface area contributed by atoms with Gasteiger partial charge in [-0.05, 0) is 24.6 Å². The van der Waals surface area contributed by atoms with Crippen LogP contribution in [0.2, 0.25) is 0 Å². The number of thioether (sulfide) groups is 1. The Bertz CT molecular complexity index is 369. The lowest BCUT2D eigenvalue weighted by atomic mass is 10.2. The molecule has 1 aromatic carbocycles. The van der Waals surface area contributed by atoms with Crippen molar-refractivity contribution in [2.45, 2.75) is 6.92 Å². The average molecular weight is 240 g/mol. The van der Waals surface area contributed by atoms with E-state index in [1.807, 2.05) is 19.1 Å². The van der Waals surface area contributed by atoms with E-state index in [9.17, 15) is 4.79 Å². The Morgan fingerprint density at radius 3 is 2.94 bits per heavy atom. The van der Waals surface area contributed by atoms with Crippen LogP contribution < -0.4 is 11.1 Å². The van der Waals surface area contributed by atoms with Gasteiger partial charge in [-0.15, -0.1) is 11.8 Å². The van der Waals surface area contributed by atoms with Gasteiger partial charge in [-0.3, -0.25) is 4.79 Å². The Labute approximate surface area is 99.2 Å². The Hall–Kier alpha value is -1.20. The van der Waals surface area contributed by atoms with Crippen LogP contribution in [0.1, 0.15) is 5.56 Å². The topological polar surface area (TPSA) is 75.3 Å². The summed E-state index contributed by atoms with van der Waals surface area (Å²) in [5.74, 6) is 0.791. The number of hydrogen-bond acceptors (Lipinski definition) is 4. The van der Waals surface area contributed by atoms with E-state index in [2.05, 4.69) is 5.32 Å². The summed E-state index contributed by atoms with van der Waals surface area (Å²) in [5.41, 5.74) is 8.03. The molecule has 5 heteroatoms. The normalized spacial score (nSPS) is 10.1. The molecule has 0 aromatic heterocycles. The van der Waals surface area contributed by atoms with Gasteiger partial charge in [0.05, 0.1) is 23.7 Å². The van der Waals surface area contributed by atoms with Crippen molar-refractivity contribution < 1.29 is 9.90 Å². The molecule has 0 bridgehead atoms. The van der Waals surface area contributed by atoms with Crippen LogP contribution in [-0.4, -0.2) is 29.1 Å². The number of aliphatic hydroxyl groups is 1. The molecular weight excluding hydrogens is 224 g/mol. The predicted octanol–water partition coefficient (Wildman–Crippen LogP) is 1.24. The molecule has 0 aliphatic carbocycles. The SMILES string of the molecule is Cc1ccc(NC(=O)CSCCO)c(N)c1. The van der Waals surface area contributed by atoms with Crippen LogP contribution in [0.15, 0.2) is 18.2 Å². The summed E-state index contributed by atoms with van der Waals surface area (Å²) in [4.78, 5) is 11.5. The number of aryl methyl sites for hydroxylation is 1. The number of amides is 1. The third-order valence-electron chi connectivity index (χ3n) is 1.95. The van der Waals surface area contributed by atoms with Gasteiger partial charge in [0, 0.05) is 5.75 Å². The molecule has 0 saturated carbocycles. The van der Waals surface area contributed by atoms with E-state index in [-0.39, 0.29) is 12.5 Å². The number of anilines is 2. The van der Waals surface area contributed by atoms with E-state index in [0.717, 1.165) is 5.56 Å². The minimum absolute atomic E-state index is 0.0879. The summed E-state index contributed by atoms with van der Waals surface area (Å²) in [7, 11) is 0. The van der Waals surface area contributed by atoms with Gasteiger partial charge in [0.1, 0.15) is 0 Å². The highest BCUT2D eigenvalue weighted by Crippen LogP contribution is 2.19. The maximum absolute atomic E-state index is 11.5. The molecular formula is C11H16N2O2S. The lowest BCUT2D eigenvalue weighted by Crippen LogP contribution is -2.15. The molecule has 4 nitrogen and oxygen atoms in total. The van der Waals surface area contributed by atoms with Crippen molar-refractivity contribution in [2.24, 2.45) is 0 Å². The van der Waals surface area contributed by atoms with E-state index in [1.54, 1.807) is 6.07 Å². The summed E-state index contributed by atoms with van der Waals surface area (Å²) < 4.78 is 0. The van der Waals surface area contributed by atoms with E-state index in [1.165, 1.54) is 11.8 Å². The molecule has 0 fully saturated rings. The first-order valence-electron chi connectivity index (χ1n) is 4.98. The molecule has 0 aliphatic rings. The molecule has 0 radical (unpaired) electrons. The van der Waals surface area contributed by atoms with E-state index in [4.69, 9.17) is 10.8 Å². The summed E-state index contributed by atoms with van der Waals surface area (Å²) in [6.45, 7) is 2.03. The summed E-state index contributed by atoms with van der Waals surface area (Å²) in [6.07, 6.45) is 0. The van der Waals surface area contributed by atoms with Crippen LogP contribution in [0.3, 0.4) is 0 Å². The van der Waals surface area contributed by atoms with Crippen molar-refractivity contribution in [2.75, 3.05) is 29.2 Å². The molecule has 0 saturated heterocycles. The van der Waals surface area contributed by atoms with Crippen LogP contribution >= 0.6 is 11.8 Å². The Kier molecular flexibility index (Phi) is 5.14. The zero-order valence-electron chi connectivity index (χ0n) is 9.19. The number of nitrogens with two attached hydrogens (primary N) is 1. The summed E-state index contributed by atoms with van der Waals surface area (Å²) in [5, 5.41) is 11.3. The van der Waals surface area contributed by atoms with Crippen LogP contribution in [0, 0.1) is 6.92 Å². The number of carbonyl (C=O) groups is 1. The number of hydrogen-bond donors (Lipinski definition) is 3. The fourth-order valence-corrected chi connectivity index (χ4v) is 1.74. The predicted molar refractivity (Wildman–Crippen MR) is 68.6 cm³/mol. The second-order valence-corrected chi connectivity index (χ2v) is 4.52. The van der Waals surface area contributed by atoms with Crippen molar-refractivity contribution >= 4 is 29.0 Å². The van der Waals surface area contributed by atoms with Crippen LogP contribution in [0.5, 0.6) is 0 Å². The average Bonchev–Trinajstić information content (AvgIpc) is 2.23. The molecule has 0 unspecified atom stereocenters. The number of nitrogens with one attached hydrogen (secondary N) is 1. The maximum atomic E-state index is 11.5. The van der Waals surface area contributed by atoms with Gasteiger partial charge in [0.2, 0.25) is 5.91 Å². The lowest BCUT2D eigenvalue weighted by Gasteiger charge is -2.08. The third-order valence-corrected chi connectivity index (χ3v) is 2.89. The van der Waals surface area contributed by atoms with Crippen molar-refractivity contribution in [1.82, 2.24) is 0 Å². The van der Waals surface area contributed by atoms with Gasteiger partial charge in [0.15, 0.2) is 0 Å². The fraction of sp³-hybridized carbons (Fsp3) is 0.364. The van der Waals surface area contributed by atoms with Gasteiger partial charge < -0.3 is 16.2 Å². The largest absolute Gasteiger partial charge is 0.397 e. The van der Waals surface area contributed by atoms with Crippen LogP contribution in [-0.2, 0) is 4.79 Å². The van der Waals surface area contributed by atoms with Crippen molar-refractivity contribution in [3.05, 3.63) is 23.8 Å². The van der Waals surface area contributed by atoms with E-state index >= 15 is 0 Å². The van der Waals surface area contributed by atoms with E-state index < -0.39 is 0 Å². The first-order valence-corrected chi connectivity index (χ1v) is 6.13. The fourth-order valence-electron chi connectivity index (χ4n) is 1.21. The molecule has 1 amide bonds. The molecule has 1 aromatic rings. The van der Waals surface area contributed by atoms with Crippen LogP contribution in [0.25, 0.3) is 0 Å². The highest BCUT2D eigenvalue weighted by atomic mass is 32.2. The molecule has 88 valence electrons. The monoisotopic (exact) mass is 240 g/mol. The smallest absolute Gasteiger partial charge is 0.234 e. The van der Waals surface area contributed by atoms with Gasteiger partial charge in [-0.2, -0.15) is 0 Å². The number of aliphatic hydroxyl groups excluding tert-OH is 1. The molecule has 0 heterocycles. The van der Waals surface area contributed by atoms with Crippen molar-refractivity contribution in [3.8, 4) is 0 Å². The first kappa shape index (κ1) is 12.9. The van der Waals surface area contributed by atoms with Crippen molar-refractivity contribution in [3.63, 3.8) is 0 Å². The van der Waals surface area contributed by atoms with E-state index in [0.29, 0.717) is 22.9 Å². The zero-order valence-corrected chi connectivity index (χ0v) is 10.0. The van der Waals surface area contributed by atoms with Gasteiger partial charge in [-0.1, -0.05) is 6.07 Å². The number of carbonyl (C=O) groups excluding carboxylic acids is 1. The molecule has 16 heavy (non-hydrogen) atoms. The maximum Gasteiger partial charge on any atom is 0.234 e. The molecule has 4 N–H and O–H groups in total. The molecule has 0 aliphatic heterocycles. The summed E-state index contributed by atoms with van der Waals surface area (Å²) in [6, 6.07) is 5.50. The first-order chi connectivity index (χ1) is 7.63. The minimum Gasteiger partial charge on any atom is -0.397 e. The quantitative estimate of drug-likeness (QED) is 0.534. The third kappa shape index (κ3) is 4.12. The van der Waals surface area contributed by atoms with Crippen LogP contribution in [0.4, 0.5) is 11.4 Å². The summed E-state index contributed by atoms with van der Waals surface area (Å²) >= 11 is 1.39. The molecule has 0 atom stereocenters. The number of rotatable bonds is 5.